The Morgan fingerprint density at radius 3 is 2.50 bits per heavy atom. The molecular weight excluding hydrogens is 280 g/mol. The van der Waals surface area contributed by atoms with E-state index in [1.807, 2.05) is 12.4 Å². The molecule has 1 aliphatic rings. The second kappa shape index (κ2) is 9.02. The van der Waals surface area contributed by atoms with Gasteiger partial charge in [0.05, 0.1) is 13.7 Å². The molecule has 0 amide bonds. The monoisotopic (exact) mass is 308 g/mol. The fourth-order valence-corrected chi connectivity index (χ4v) is 2.96. The van der Waals surface area contributed by atoms with Gasteiger partial charge in [-0.05, 0) is 38.9 Å². The summed E-state index contributed by atoms with van der Waals surface area (Å²) >= 11 is 0. The van der Waals surface area contributed by atoms with Crippen LogP contribution in [0.5, 0.6) is 6.01 Å². The van der Waals surface area contributed by atoms with E-state index in [1.165, 1.54) is 25.9 Å². The molecule has 6 heteroatoms. The predicted molar refractivity (Wildman–Crippen MR) is 86.0 cm³/mol. The summed E-state index contributed by atoms with van der Waals surface area (Å²) in [7, 11) is 5.52. The first-order valence-electron chi connectivity index (χ1n) is 7.96. The number of likely N-dealkylation sites (tertiary alicyclic amines) is 1. The van der Waals surface area contributed by atoms with Crippen molar-refractivity contribution in [3.05, 3.63) is 18.0 Å². The summed E-state index contributed by atoms with van der Waals surface area (Å²) in [6, 6.07) is 0.426. The number of methoxy groups -OCH3 is 2. The number of ether oxygens (including phenoxy) is 2. The highest BCUT2D eigenvalue weighted by Gasteiger charge is 2.20. The standard InChI is InChI=1S/C16H28N4O2/c1-19(13-15-10-17-16(22-3)18-11-15)12-14-4-6-20(7-5-14)8-9-21-2/h10-11,14H,4-9,12-13H2,1-3H3. The minimum atomic E-state index is 0.426. The molecule has 22 heavy (non-hydrogen) atoms. The molecule has 1 aromatic heterocycles. The van der Waals surface area contributed by atoms with Gasteiger partial charge in [0, 0.05) is 44.7 Å². The zero-order chi connectivity index (χ0) is 15.8. The maximum Gasteiger partial charge on any atom is 0.316 e. The van der Waals surface area contributed by atoms with Gasteiger partial charge in [0.15, 0.2) is 0 Å². The van der Waals surface area contributed by atoms with E-state index < -0.39 is 0 Å². The van der Waals surface area contributed by atoms with Crippen LogP contribution < -0.4 is 4.74 Å². The molecule has 0 N–H and O–H groups in total. The molecule has 1 aliphatic heterocycles. The quantitative estimate of drug-likeness (QED) is 0.721. The number of hydrogen-bond acceptors (Lipinski definition) is 6. The van der Waals surface area contributed by atoms with Crippen LogP contribution in [0.15, 0.2) is 12.4 Å². The van der Waals surface area contributed by atoms with Gasteiger partial charge in [0.2, 0.25) is 0 Å². The molecule has 0 unspecified atom stereocenters. The highest BCUT2D eigenvalue weighted by molar-refractivity contribution is 5.07. The van der Waals surface area contributed by atoms with E-state index in [9.17, 15) is 0 Å². The maximum absolute atomic E-state index is 5.15. The molecule has 1 aromatic rings. The summed E-state index contributed by atoms with van der Waals surface area (Å²) < 4.78 is 10.1. The Bertz CT molecular complexity index is 419. The van der Waals surface area contributed by atoms with Gasteiger partial charge in [-0.3, -0.25) is 0 Å². The van der Waals surface area contributed by atoms with Gasteiger partial charge in [0.1, 0.15) is 0 Å². The van der Waals surface area contributed by atoms with Gasteiger partial charge in [-0.2, -0.15) is 0 Å². The zero-order valence-electron chi connectivity index (χ0n) is 14.0. The number of nitrogens with zero attached hydrogens (tertiary/aromatic N) is 4. The van der Waals surface area contributed by atoms with E-state index in [0.29, 0.717) is 6.01 Å². The molecule has 2 heterocycles. The van der Waals surface area contributed by atoms with Gasteiger partial charge < -0.3 is 19.3 Å². The van der Waals surface area contributed by atoms with E-state index in [-0.39, 0.29) is 0 Å². The summed E-state index contributed by atoms with van der Waals surface area (Å²) in [6.45, 7) is 6.28. The second-order valence-electron chi connectivity index (χ2n) is 6.05. The van der Waals surface area contributed by atoms with Gasteiger partial charge in [0.25, 0.3) is 0 Å². The van der Waals surface area contributed by atoms with Crippen LogP contribution in [0.25, 0.3) is 0 Å². The van der Waals surface area contributed by atoms with Crippen molar-refractivity contribution in [3.63, 3.8) is 0 Å². The molecule has 124 valence electrons. The molecule has 0 aromatic carbocycles. The minimum absolute atomic E-state index is 0.426. The van der Waals surface area contributed by atoms with E-state index in [1.54, 1.807) is 14.2 Å². The van der Waals surface area contributed by atoms with E-state index in [0.717, 1.165) is 37.7 Å². The van der Waals surface area contributed by atoms with Crippen molar-refractivity contribution in [3.8, 4) is 6.01 Å². The molecule has 0 aliphatic carbocycles. The van der Waals surface area contributed by atoms with Crippen molar-refractivity contribution in [1.29, 1.82) is 0 Å². The largest absolute Gasteiger partial charge is 0.467 e. The third kappa shape index (κ3) is 5.51. The highest BCUT2D eigenvalue weighted by atomic mass is 16.5. The molecule has 2 rings (SSSR count). The maximum atomic E-state index is 5.15. The Labute approximate surface area is 133 Å². The number of rotatable bonds is 8. The summed E-state index contributed by atoms with van der Waals surface area (Å²) in [5, 5.41) is 0. The van der Waals surface area contributed by atoms with Crippen LogP contribution in [0, 0.1) is 5.92 Å². The summed E-state index contributed by atoms with van der Waals surface area (Å²) in [5.41, 5.74) is 1.13. The Kier molecular flexibility index (Phi) is 7.02. The lowest BCUT2D eigenvalue weighted by Gasteiger charge is -2.33. The molecule has 0 saturated carbocycles. The minimum Gasteiger partial charge on any atom is -0.467 e. The molecular formula is C16H28N4O2. The van der Waals surface area contributed by atoms with Crippen molar-refractivity contribution in [2.45, 2.75) is 19.4 Å². The highest BCUT2D eigenvalue weighted by Crippen LogP contribution is 2.18. The van der Waals surface area contributed by atoms with Crippen molar-refractivity contribution in [2.75, 3.05) is 54.1 Å². The zero-order valence-corrected chi connectivity index (χ0v) is 14.0. The van der Waals surface area contributed by atoms with E-state index in [2.05, 4.69) is 26.8 Å². The second-order valence-corrected chi connectivity index (χ2v) is 6.05. The SMILES string of the molecule is COCCN1CCC(CN(C)Cc2cnc(OC)nc2)CC1. The average Bonchev–Trinajstić information content (AvgIpc) is 2.55. The van der Waals surface area contributed by atoms with E-state index >= 15 is 0 Å². The van der Waals surface area contributed by atoms with Crippen molar-refractivity contribution in [1.82, 2.24) is 19.8 Å². The van der Waals surface area contributed by atoms with Crippen molar-refractivity contribution < 1.29 is 9.47 Å². The van der Waals surface area contributed by atoms with Crippen LogP contribution in [0.4, 0.5) is 0 Å². The Balaban J connectivity index is 1.70. The molecule has 0 bridgehead atoms. The third-order valence-corrected chi connectivity index (χ3v) is 4.21. The lowest BCUT2D eigenvalue weighted by Crippen LogP contribution is -2.39. The van der Waals surface area contributed by atoms with Gasteiger partial charge in [-0.1, -0.05) is 0 Å². The van der Waals surface area contributed by atoms with Gasteiger partial charge >= 0.3 is 6.01 Å². The summed E-state index contributed by atoms with van der Waals surface area (Å²) in [6.07, 6.45) is 6.23. The lowest BCUT2D eigenvalue weighted by atomic mass is 9.96. The lowest BCUT2D eigenvalue weighted by molar-refractivity contribution is 0.110. The van der Waals surface area contributed by atoms with Crippen LogP contribution in [-0.4, -0.2) is 73.8 Å². The van der Waals surface area contributed by atoms with Gasteiger partial charge in [-0.15, -0.1) is 0 Å². The topological polar surface area (TPSA) is 50.7 Å². The summed E-state index contributed by atoms with van der Waals surface area (Å²) in [4.78, 5) is 13.2. The predicted octanol–water partition coefficient (Wildman–Crippen LogP) is 1.28. The average molecular weight is 308 g/mol. The number of piperidine rings is 1. The molecule has 0 atom stereocenters. The fourth-order valence-electron chi connectivity index (χ4n) is 2.96. The Morgan fingerprint density at radius 2 is 1.91 bits per heavy atom. The Morgan fingerprint density at radius 1 is 1.23 bits per heavy atom. The smallest absolute Gasteiger partial charge is 0.316 e. The van der Waals surface area contributed by atoms with Crippen LogP contribution in [-0.2, 0) is 11.3 Å². The van der Waals surface area contributed by atoms with Crippen molar-refractivity contribution >= 4 is 0 Å². The molecule has 0 radical (unpaired) electrons. The molecule has 6 nitrogen and oxygen atoms in total. The normalized spacial score (nSPS) is 17.1. The van der Waals surface area contributed by atoms with Crippen LogP contribution in [0.2, 0.25) is 0 Å². The first-order valence-corrected chi connectivity index (χ1v) is 7.96. The Hall–Kier alpha value is -1.24. The third-order valence-electron chi connectivity index (χ3n) is 4.21. The summed E-state index contributed by atoms with van der Waals surface area (Å²) in [5.74, 6) is 0.781. The molecule has 1 saturated heterocycles. The van der Waals surface area contributed by atoms with Crippen molar-refractivity contribution in [2.24, 2.45) is 5.92 Å². The molecule has 0 spiro atoms. The number of aromatic nitrogens is 2. The first-order chi connectivity index (χ1) is 10.7. The van der Waals surface area contributed by atoms with Gasteiger partial charge in [-0.25, -0.2) is 9.97 Å². The first kappa shape index (κ1) is 17.1. The van der Waals surface area contributed by atoms with Crippen LogP contribution >= 0.6 is 0 Å². The molecule has 1 fully saturated rings. The fraction of sp³-hybridized carbons (Fsp3) is 0.750. The number of hydrogen-bond donors (Lipinski definition) is 0. The van der Waals surface area contributed by atoms with E-state index in [4.69, 9.17) is 9.47 Å². The van der Waals surface area contributed by atoms with Crippen LogP contribution in [0.3, 0.4) is 0 Å². The van der Waals surface area contributed by atoms with Crippen LogP contribution in [0.1, 0.15) is 18.4 Å².